The fourth-order valence-electron chi connectivity index (χ4n) is 5.64. The van der Waals surface area contributed by atoms with Crippen molar-refractivity contribution in [2.24, 2.45) is 5.92 Å². The smallest absolute Gasteiger partial charge is 0.301 e. The van der Waals surface area contributed by atoms with E-state index in [1.165, 1.54) is 28.8 Å². The van der Waals surface area contributed by atoms with Crippen molar-refractivity contribution >= 4 is 45.7 Å². The number of hydrogen-bond donors (Lipinski definition) is 1. The summed E-state index contributed by atoms with van der Waals surface area (Å²) >= 11 is 2.54. The fourth-order valence-corrected chi connectivity index (χ4v) is 7.46. The minimum absolute atomic E-state index is 0.00578. The van der Waals surface area contributed by atoms with Gasteiger partial charge in [-0.05, 0) is 85.3 Å². The summed E-state index contributed by atoms with van der Waals surface area (Å²) in [6.45, 7) is 8.93. The topological polar surface area (TPSA) is 111 Å². The Kier molecular flexibility index (Phi) is 10.0. The standard InChI is InChI=1S/C36H36FN3O6S2/c1-5-44-29-18-23(8-13-28(29)45-15-14-20(2)3)31-30(32(41)24-9-12-27-25(17-24)16-21(4)46-27)33(42)34(43)40(31)35-38-39-36(48-35)47-19-22-6-10-26(37)11-7-22/h6-13,17-18,20-21,31,41H,5,14-16,19H2,1-4H3/b32-30+/t21-,31-/m1/s1. The van der Waals surface area contributed by atoms with Crippen molar-refractivity contribution in [1.29, 1.82) is 0 Å². The molecule has 1 fully saturated rings. The molecule has 0 bridgehead atoms. The number of ether oxygens (including phenoxy) is 3. The number of halogens is 1. The third-order valence-corrected chi connectivity index (χ3v) is 10.2. The van der Waals surface area contributed by atoms with Gasteiger partial charge in [-0.1, -0.05) is 55.1 Å². The Labute approximate surface area is 286 Å². The first kappa shape index (κ1) is 33.5. The lowest BCUT2D eigenvalue weighted by atomic mass is 9.94. The molecule has 0 spiro atoms. The molecule has 48 heavy (non-hydrogen) atoms. The number of Topliss-reactive ketones (excluding diaryl/α,β-unsaturated/α-hetero) is 1. The molecular weight excluding hydrogens is 654 g/mol. The van der Waals surface area contributed by atoms with Crippen LogP contribution in [0.2, 0.25) is 0 Å². The molecule has 3 heterocycles. The van der Waals surface area contributed by atoms with E-state index in [2.05, 4.69) is 24.0 Å². The van der Waals surface area contributed by atoms with Crippen molar-refractivity contribution in [2.45, 2.75) is 62.8 Å². The Morgan fingerprint density at radius 1 is 1.08 bits per heavy atom. The van der Waals surface area contributed by atoms with E-state index in [-0.39, 0.29) is 28.4 Å². The number of nitrogens with zero attached hydrogens (tertiary/aromatic N) is 3. The molecule has 3 aromatic carbocycles. The van der Waals surface area contributed by atoms with Crippen LogP contribution in [0.1, 0.15) is 62.4 Å². The second kappa shape index (κ2) is 14.4. The summed E-state index contributed by atoms with van der Waals surface area (Å²) in [6.07, 6.45) is 1.51. The Bertz CT molecular complexity index is 1860. The lowest BCUT2D eigenvalue weighted by Gasteiger charge is -2.24. The third kappa shape index (κ3) is 7.05. The second-order valence-electron chi connectivity index (χ2n) is 12.1. The van der Waals surface area contributed by atoms with Crippen LogP contribution in [0.3, 0.4) is 0 Å². The Morgan fingerprint density at radius 3 is 2.62 bits per heavy atom. The van der Waals surface area contributed by atoms with Gasteiger partial charge in [-0.2, -0.15) is 0 Å². The Balaban J connectivity index is 1.40. The quantitative estimate of drug-likeness (QED) is 0.0525. The maximum Gasteiger partial charge on any atom is 0.301 e. The molecule has 2 aliphatic rings. The summed E-state index contributed by atoms with van der Waals surface area (Å²) in [5, 5.41) is 20.5. The zero-order chi connectivity index (χ0) is 33.9. The van der Waals surface area contributed by atoms with Crippen LogP contribution in [0, 0.1) is 11.7 Å². The van der Waals surface area contributed by atoms with Crippen LogP contribution in [0.5, 0.6) is 17.2 Å². The first-order valence-corrected chi connectivity index (χ1v) is 17.6. The van der Waals surface area contributed by atoms with Crippen LogP contribution in [0.4, 0.5) is 9.52 Å². The maximum absolute atomic E-state index is 13.8. The van der Waals surface area contributed by atoms with Gasteiger partial charge >= 0.3 is 5.91 Å². The van der Waals surface area contributed by atoms with Gasteiger partial charge in [-0.15, -0.1) is 10.2 Å². The predicted octanol–water partition coefficient (Wildman–Crippen LogP) is 7.74. The average molecular weight is 690 g/mol. The van der Waals surface area contributed by atoms with E-state index >= 15 is 0 Å². The molecule has 1 amide bonds. The Morgan fingerprint density at radius 2 is 1.88 bits per heavy atom. The van der Waals surface area contributed by atoms with Gasteiger partial charge in [-0.3, -0.25) is 14.5 Å². The summed E-state index contributed by atoms with van der Waals surface area (Å²) in [4.78, 5) is 28.9. The van der Waals surface area contributed by atoms with Gasteiger partial charge < -0.3 is 19.3 Å². The fraction of sp³-hybridized carbons (Fsp3) is 0.333. The number of hydrogen-bond acceptors (Lipinski definition) is 10. The van der Waals surface area contributed by atoms with E-state index in [1.54, 1.807) is 48.5 Å². The summed E-state index contributed by atoms with van der Waals surface area (Å²) in [7, 11) is 0. The number of ketones is 1. The molecule has 6 rings (SSSR count). The van der Waals surface area contributed by atoms with Crippen LogP contribution < -0.4 is 19.1 Å². The molecule has 0 unspecified atom stereocenters. The third-order valence-electron chi connectivity index (χ3n) is 8.03. The molecule has 4 aromatic rings. The Hall–Kier alpha value is -4.42. The van der Waals surface area contributed by atoms with Crippen LogP contribution in [0.25, 0.3) is 5.76 Å². The van der Waals surface area contributed by atoms with E-state index in [9.17, 15) is 19.1 Å². The van der Waals surface area contributed by atoms with Crippen molar-refractivity contribution in [3.63, 3.8) is 0 Å². The van der Waals surface area contributed by atoms with E-state index in [4.69, 9.17) is 14.2 Å². The number of carbonyl (C=O) groups excluding carboxylic acids is 2. The van der Waals surface area contributed by atoms with Gasteiger partial charge in [0.05, 0.1) is 24.8 Å². The number of aliphatic hydroxyl groups excluding tert-OH is 1. The van der Waals surface area contributed by atoms with E-state index < -0.39 is 17.7 Å². The number of aliphatic hydroxyl groups is 1. The molecule has 250 valence electrons. The van der Waals surface area contributed by atoms with Crippen molar-refractivity contribution < 1.29 is 33.3 Å². The number of rotatable bonds is 12. The van der Waals surface area contributed by atoms with Crippen LogP contribution in [0.15, 0.2) is 70.6 Å². The lowest BCUT2D eigenvalue weighted by Crippen LogP contribution is -2.29. The van der Waals surface area contributed by atoms with E-state index in [0.717, 1.165) is 34.6 Å². The van der Waals surface area contributed by atoms with Crippen LogP contribution in [-0.2, 0) is 21.8 Å². The minimum Gasteiger partial charge on any atom is -0.507 e. The number of carbonyl (C=O) groups is 2. The summed E-state index contributed by atoms with van der Waals surface area (Å²) in [6, 6.07) is 15.7. The average Bonchev–Trinajstić information content (AvgIpc) is 3.75. The lowest BCUT2D eigenvalue weighted by molar-refractivity contribution is -0.132. The molecule has 9 nitrogen and oxygen atoms in total. The number of thioether (sulfide) groups is 1. The van der Waals surface area contributed by atoms with Crippen molar-refractivity contribution in [2.75, 3.05) is 18.1 Å². The summed E-state index contributed by atoms with van der Waals surface area (Å²) < 4.78 is 31.8. The van der Waals surface area contributed by atoms with Gasteiger partial charge in [0.2, 0.25) is 5.13 Å². The summed E-state index contributed by atoms with van der Waals surface area (Å²) in [5.41, 5.74) is 2.67. The van der Waals surface area contributed by atoms with Gasteiger partial charge in [-0.25, -0.2) is 4.39 Å². The largest absolute Gasteiger partial charge is 0.507 e. The number of amides is 1. The molecule has 1 N–H and O–H groups in total. The molecule has 12 heteroatoms. The number of anilines is 1. The highest BCUT2D eigenvalue weighted by atomic mass is 32.2. The zero-order valence-electron chi connectivity index (χ0n) is 27.1. The number of benzene rings is 3. The molecule has 0 aliphatic carbocycles. The van der Waals surface area contributed by atoms with Crippen LogP contribution in [-0.4, -0.2) is 46.3 Å². The zero-order valence-corrected chi connectivity index (χ0v) is 28.7. The highest BCUT2D eigenvalue weighted by Gasteiger charge is 2.48. The van der Waals surface area contributed by atoms with E-state index in [1.807, 2.05) is 13.8 Å². The molecule has 0 saturated carbocycles. The molecule has 0 radical (unpaired) electrons. The highest BCUT2D eigenvalue weighted by molar-refractivity contribution is 8.00. The second-order valence-corrected chi connectivity index (χ2v) is 14.2. The van der Waals surface area contributed by atoms with Crippen molar-refractivity contribution in [1.82, 2.24) is 10.2 Å². The van der Waals surface area contributed by atoms with Crippen molar-refractivity contribution in [3.8, 4) is 17.2 Å². The molecular formula is C36H36FN3O6S2. The predicted molar refractivity (Wildman–Crippen MR) is 183 cm³/mol. The number of fused-ring (bicyclic) bond motifs is 1. The first-order valence-electron chi connectivity index (χ1n) is 15.8. The van der Waals surface area contributed by atoms with Gasteiger partial charge in [0.15, 0.2) is 15.8 Å². The van der Waals surface area contributed by atoms with E-state index in [0.29, 0.717) is 58.3 Å². The highest BCUT2D eigenvalue weighted by Crippen LogP contribution is 2.46. The normalized spacial score (nSPS) is 18.3. The van der Waals surface area contributed by atoms with Gasteiger partial charge in [0.25, 0.3) is 5.78 Å². The minimum atomic E-state index is -1.03. The summed E-state index contributed by atoms with van der Waals surface area (Å²) in [5.74, 6) is 0.408. The molecule has 1 saturated heterocycles. The van der Waals surface area contributed by atoms with Gasteiger partial charge in [0, 0.05) is 17.7 Å². The molecule has 1 aromatic heterocycles. The van der Waals surface area contributed by atoms with Crippen LogP contribution >= 0.6 is 23.1 Å². The SMILES string of the molecule is CCOc1cc([C@@H]2/C(=C(\O)c3ccc4c(c3)C[C@@H](C)O4)C(=O)C(=O)N2c2nnc(SCc3ccc(F)cc3)s2)ccc1OCCC(C)C. The monoisotopic (exact) mass is 689 g/mol. The van der Waals surface area contributed by atoms with Crippen molar-refractivity contribution in [3.05, 3.63) is 94.3 Å². The maximum atomic E-state index is 13.8. The van der Waals surface area contributed by atoms with Gasteiger partial charge in [0.1, 0.15) is 23.4 Å². The molecule has 2 atom stereocenters. The number of aromatic nitrogens is 2. The first-order chi connectivity index (χ1) is 23.1. The molecule has 2 aliphatic heterocycles.